The maximum Gasteiger partial charge on any atom is 0.220 e. The Morgan fingerprint density at radius 1 is 0.375 bits per heavy atom. The molecule has 0 bridgehead atoms. The molecule has 0 saturated heterocycles. The van der Waals surface area contributed by atoms with Crippen molar-refractivity contribution in [1.82, 2.24) is 5.32 Å². The summed E-state index contributed by atoms with van der Waals surface area (Å²) < 4.78 is 0. The number of hydrogen-bond donors (Lipinski definition) is 4. The van der Waals surface area contributed by atoms with Crippen molar-refractivity contribution < 1.29 is 20.1 Å². The first kappa shape index (κ1) is 62.8. The van der Waals surface area contributed by atoms with Gasteiger partial charge in [-0.25, -0.2) is 0 Å². The number of nitrogens with one attached hydrogen (secondary N) is 1. The molecule has 4 N–H and O–H groups in total. The maximum absolute atomic E-state index is 12.5. The molecule has 0 fully saturated rings. The second-order valence-corrected chi connectivity index (χ2v) is 20.2. The van der Waals surface area contributed by atoms with E-state index in [1.165, 1.54) is 257 Å². The molecule has 380 valence electrons. The molecule has 3 atom stereocenters. The van der Waals surface area contributed by atoms with Crippen LogP contribution in [-0.4, -0.2) is 46.1 Å². The highest BCUT2D eigenvalue weighted by atomic mass is 16.3. The molecule has 64 heavy (non-hydrogen) atoms. The summed E-state index contributed by atoms with van der Waals surface area (Å²) in [6, 6.07) is -0.825. The minimum Gasteiger partial charge on any atom is -0.394 e. The van der Waals surface area contributed by atoms with E-state index in [4.69, 9.17) is 0 Å². The van der Waals surface area contributed by atoms with Gasteiger partial charge >= 0.3 is 0 Å². The zero-order valence-corrected chi connectivity index (χ0v) is 43.4. The molecule has 0 aromatic heterocycles. The number of carbonyl (C=O) groups is 1. The van der Waals surface area contributed by atoms with Gasteiger partial charge in [0, 0.05) is 6.42 Å². The lowest BCUT2D eigenvalue weighted by Crippen LogP contribution is -2.50. The minimum absolute atomic E-state index is 0.149. The summed E-state index contributed by atoms with van der Waals surface area (Å²) in [6.45, 7) is 4.21. The average molecular weight is 903 g/mol. The van der Waals surface area contributed by atoms with Crippen LogP contribution in [0.15, 0.2) is 24.3 Å². The van der Waals surface area contributed by atoms with E-state index in [9.17, 15) is 20.1 Å². The molecule has 0 saturated carbocycles. The van der Waals surface area contributed by atoms with Crippen LogP contribution in [0.3, 0.4) is 0 Å². The Hall–Kier alpha value is -1.17. The maximum atomic E-state index is 12.5. The summed E-state index contributed by atoms with van der Waals surface area (Å²) >= 11 is 0. The molecule has 5 heteroatoms. The normalized spacial score (nSPS) is 13.4. The van der Waals surface area contributed by atoms with Crippen molar-refractivity contribution >= 4 is 5.91 Å². The number of unbranched alkanes of at least 4 members (excludes halogenated alkanes) is 42. The number of allylic oxidation sites excluding steroid dienone is 4. The van der Waals surface area contributed by atoms with Crippen LogP contribution in [0.5, 0.6) is 0 Å². The Balaban J connectivity index is 3.53. The molecule has 0 aliphatic carbocycles. The third-order valence-electron chi connectivity index (χ3n) is 13.8. The molecule has 5 nitrogen and oxygen atoms in total. The van der Waals surface area contributed by atoms with E-state index in [0.29, 0.717) is 12.8 Å². The van der Waals surface area contributed by atoms with Crippen LogP contribution in [-0.2, 0) is 4.79 Å². The van der Waals surface area contributed by atoms with Gasteiger partial charge in [0.15, 0.2) is 0 Å². The van der Waals surface area contributed by atoms with Crippen LogP contribution in [0.4, 0.5) is 0 Å². The standard InChI is InChI=1S/C59H115NO4/c1-3-5-7-9-11-13-15-17-19-21-23-25-26-27-28-29-30-31-32-33-34-36-38-40-42-44-46-48-50-52-54-58(63)60-56(55-61)59(64)57(62)53-51-49-47-45-43-41-39-37-35-24-22-20-18-16-14-12-10-8-6-4-2/h27-28,45,47,56-57,59,61-62,64H,3-26,29-44,46,48-55H2,1-2H3,(H,60,63)/b28-27-,47-45+. The summed E-state index contributed by atoms with van der Waals surface area (Å²) in [4.78, 5) is 12.5. The van der Waals surface area contributed by atoms with E-state index in [1.54, 1.807) is 0 Å². The predicted octanol–water partition coefficient (Wildman–Crippen LogP) is 18.1. The highest BCUT2D eigenvalue weighted by molar-refractivity contribution is 5.76. The van der Waals surface area contributed by atoms with Crippen molar-refractivity contribution in [3.63, 3.8) is 0 Å². The largest absolute Gasteiger partial charge is 0.394 e. The molecule has 0 aromatic rings. The van der Waals surface area contributed by atoms with E-state index in [1.807, 2.05) is 0 Å². The van der Waals surface area contributed by atoms with Crippen molar-refractivity contribution in [2.45, 2.75) is 340 Å². The van der Waals surface area contributed by atoms with Crippen molar-refractivity contribution in [1.29, 1.82) is 0 Å². The molecule has 0 aliphatic heterocycles. The Kier molecular flexibility index (Phi) is 53.4. The summed E-state index contributed by atoms with van der Waals surface area (Å²) in [7, 11) is 0. The fourth-order valence-electron chi connectivity index (χ4n) is 9.28. The van der Waals surface area contributed by atoms with Crippen LogP contribution in [0.25, 0.3) is 0 Å². The highest BCUT2D eigenvalue weighted by Gasteiger charge is 2.26. The lowest BCUT2D eigenvalue weighted by molar-refractivity contribution is -0.124. The molecule has 1 amide bonds. The van der Waals surface area contributed by atoms with Gasteiger partial charge in [0.1, 0.15) is 6.10 Å². The van der Waals surface area contributed by atoms with Crippen molar-refractivity contribution in [2.24, 2.45) is 0 Å². The molecule has 0 heterocycles. The Labute approximate surface area is 401 Å². The first-order valence-corrected chi connectivity index (χ1v) is 29.1. The molecular weight excluding hydrogens is 787 g/mol. The van der Waals surface area contributed by atoms with Gasteiger partial charge in [0.25, 0.3) is 0 Å². The predicted molar refractivity (Wildman–Crippen MR) is 282 cm³/mol. The van der Waals surface area contributed by atoms with Crippen molar-refractivity contribution in [2.75, 3.05) is 6.61 Å². The van der Waals surface area contributed by atoms with Crippen LogP contribution < -0.4 is 5.32 Å². The molecule has 0 radical (unpaired) electrons. The van der Waals surface area contributed by atoms with E-state index in [2.05, 4.69) is 43.5 Å². The topological polar surface area (TPSA) is 89.8 Å². The SMILES string of the molecule is CCCCCCCCCCCCCC/C=C\CCCCCCCCCCCCCCCCC(=O)NC(CO)C(O)C(O)CCC/C=C/CCCCCCCCCCCCCCCCC. The molecule has 0 rings (SSSR count). The summed E-state index contributed by atoms with van der Waals surface area (Å²) in [5, 5.41) is 33.8. The number of rotatable bonds is 54. The molecule has 0 spiro atoms. The number of amides is 1. The van der Waals surface area contributed by atoms with Gasteiger partial charge in [-0.15, -0.1) is 0 Å². The fraction of sp³-hybridized carbons (Fsp3) is 0.915. The van der Waals surface area contributed by atoms with Gasteiger partial charge in [0.05, 0.1) is 18.8 Å². The van der Waals surface area contributed by atoms with Crippen LogP contribution >= 0.6 is 0 Å². The molecular formula is C59H115NO4. The lowest BCUT2D eigenvalue weighted by Gasteiger charge is -2.26. The van der Waals surface area contributed by atoms with E-state index < -0.39 is 18.2 Å². The van der Waals surface area contributed by atoms with Gasteiger partial charge in [-0.05, 0) is 64.2 Å². The minimum atomic E-state index is -1.16. The summed E-state index contributed by atoms with van der Waals surface area (Å²) in [6.07, 6.45) is 69.2. The molecule has 0 aliphatic rings. The van der Waals surface area contributed by atoms with E-state index in [0.717, 1.165) is 38.5 Å². The lowest BCUT2D eigenvalue weighted by atomic mass is 10.0. The number of aliphatic hydroxyl groups is 3. The first-order valence-electron chi connectivity index (χ1n) is 29.1. The smallest absolute Gasteiger partial charge is 0.220 e. The Morgan fingerprint density at radius 2 is 0.625 bits per heavy atom. The molecule has 3 unspecified atom stereocenters. The summed E-state index contributed by atoms with van der Waals surface area (Å²) in [5.41, 5.74) is 0. The van der Waals surface area contributed by atoms with Gasteiger partial charge < -0.3 is 20.6 Å². The Morgan fingerprint density at radius 3 is 0.906 bits per heavy atom. The van der Waals surface area contributed by atoms with Gasteiger partial charge in [-0.2, -0.15) is 0 Å². The first-order chi connectivity index (χ1) is 31.6. The number of carbonyl (C=O) groups excluding carboxylic acids is 1. The second-order valence-electron chi connectivity index (χ2n) is 20.2. The zero-order chi connectivity index (χ0) is 46.5. The van der Waals surface area contributed by atoms with Gasteiger partial charge in [-0.3, -0.25) is 4.79 Å². The van der Waals surface area contributed by atoms with Crippen LogP contribution in [0, 0.1) is 0 Å². The molecule has 0 aromatic carbocycles. The van der Waals surface area contributed by atoms with Crippen molar-refractivity contribution in [3.05, 3.63) is 24.3 Å². The van der Waals surface area contributed by atoms with Crippen LogP contribution in [0.2, 0.25) is 0 Å². The van der Waals surface area contributed by atoms with Gasteiger partial charge in [-0.1, -0.05) is 276 Å². The van der Waals surface area contributed by atoms with Gasteiger partial charge in [0.2, 0.25) is 5.91 Å². The number of hydrogen-bond acceptors (Lipinski definition) is 4. The fourth-order valence-corrected chi connectivity index (χ4v) is 9.28. The highest BCUT2D eigenvalue weighted by Crippen LogP contribution is 2.17. The number of aliphatic hydroxyl groups excluding tert-OH is 3. The Bertz CT molecular complexity index is 951. The van der Waals surface area contributed by atoms with Crippen molar-refractivity contribution in [3.8, 4) is 0 Å². The van der Waals surface area contributed by atoms with Crippen LogP contribution in [0.1, 0.15) is 322 Å². The third-order valence-corrected chi connectivity index (χ3v) is 13.8. The second kappa shape index (κ2) is 54.4. The zero-order valence-electron chi connectivity index (χ0n) is 43.4. The average Bonchev–Trinajstić information content (AvgIpc) is 3.30. The monoisotopic (exact) mass is 902 g/mol. The van der Waals surface area contributed by atoms with E-state index >= 15 is 0 Å². The third kappa shape index (κ3) is 48.8. The quantitative estimate of drug-likeness (QED) is 0.0362. The summed E-state index contributed by atoms with van der Waals surface area (Å²) in [5.74, 6) is -0.149. The van der Waals surface area contributed by atoms with E-state index in [-0.39, 0.29) is 12.5 Å².